The van der Waals surface area contributed by atoms with Crippen molar-refractivity contribution in [3.8, 4) is 5.75 Å². The van der Waals surface area contributed by atoms with E-state index < -0.39 is 0 Å². The normalized spacial score (nSPS) is 18.9. The zero-order valence-electron chi connectivity index (χ0n) is 19.9. The Hall–Kier alpha value is -3.38. The molecule has 1 saturated carbocycles. The van der Waals surface area contributed by atoms with Crippen LogP contribution in [0.5, 0.6) is 5.75 Å². The standard InChI is InChI=1S/C29H30N2O3S/c1-20-10-3-4-12-22(20)27(32)30-24(18-21-11-9-17-35-21)28(33)31-25-19-29(15-7-2-8-16-29)34-26-14-6-5-13-23(25)26/h3-6,9-14,17-18,25H,2,7-8,15-16,19H2,1H3,(H,30,32)(H,31,33)/b24-18-/t25-/m1/s1. The lowest BCUT2D eigenvalue weighted by Crippen LogP contribution is -2.47. The van der Waals surface area contributed by atoms with Gasteiger partial charge in [-0.2, -0.15) is 0 Å². The quantitative estimate of drug-likeness (QED) is 0.424. The topological polar surface area (TPSA) is 67.4 Å². The summed E-state index contributed by atoms with van der Waals surface area (Å²) in [7, 11) is 0. The number of ether oxygens (including phenoxy) is 1. The Morgan fingerprint density at radius 3 is 2.54 bits per heavy atom. The SMILES string of the molecule is Cc1ccccc1C(=O)N/C(=C\c1cccs1)C(=O)N[C@@H]1CC2(CCCCC2)Oc2ccccc21. The first kappa shape index (κ1) is 23.4. The van der Waals surface area contributed by atoms with Crippen molar-refractivity contribution in [1.29, 1.82) is 0 Å². The molecule has 2 heterocycles. The number of aryl methyl sites for hydroxylation is 1. The van der Waals surface area contributed by atoms with Crippen LogP contribution in [-0.2, 0) is 4.79 Å². The average Bonchev–Trinajstić information content (AvgIpc) is 3.37. The first-order valence-electron chi connectivity index (χ1n) is 12.2. The van der Waals surface area contributed by atoms with E-state index >= 15 is 0 Å². The molecule has 6 heteroatoms. The molecule has 0 unspecified atom stereocenters. The van der Waals surface area contributed by atoms with Gasteiger partial charge in [-0.05, 0) is 67.8 Å². The molecular weight excluding hydrogens is 456 g/mol. The van der Waals surface area contributed by atoms with Crippen LogP contribution in [0, 0.1) is 6.92 Å². The fourth-order valence-corrected chi connectivity index (χ4v) is 5.83. The monoisotopic (exact) mass is 486 g/mol. The predicted octanol–water partition coefficient (Wildman–Crippen LogP) is 6.17. The summed E-state index contributed by atoms with van der Waals surface area (Å²) in [6, 6.07) is 19.0. The molecule has 35 heavy (non-hydrogen) atoms. The number of carbonyl (C=O) groups excluding carboxylic acids is 2. The van der Waals surface area contributed by atoms with Crippen molar-refractivity contribution in [2.75, 3.05) is 0 Å². The van der Waals surface area contributed by atoms with Crippen molar-refractivity contribution >= 4 is 29.2 Å². The van der Waals surface area contributed by atoms with E-state index in [1.807, 2.05) is 66.9 Å². The largest absolute Gasteiger partial charge is 0.487 e. The van der Waals surface area contributed by atoms with E-state index in [0.29, 0.717) is 5.56 Å². The molecule has 1 aliphatic carbocycles. The summed E-state index contributed by atoms with van der Waals surface area (Å²) in [5.41, 5.74) is 2.39. The second-order valence-electron chi connectivity index (χ2n) is 9.46. The predicted molar refractivity (Wildman–Crippen MR) is 139 cm³/mol. The fraction of sp³-hybridized carbons (Fsp3) is 0.310. The lowest BCUT2D eigenvalue weighted by Gasteiger charge is -2.44. The van der Waals surface area contributed by atoms with Crippen molar-refractivity contribution < 1.29 is 14.3 Å². The highest BCUT2D eigenvalue weighted by molar-refractivity contribution is 7.10. The third kappa shape index (κ3) is 5.17. The maximum Gasteiger partial charge on any atom is 0.268 e. The van der Waals surface area contributed by atoms with Gasteiger partial charge >= 0.3 is 0 Å². The van der Waals surface area contributed by atoms with Crippen molar-refractivity contribution in [3.63, 3.8) is 0 Å². The van der Waals surface area contributed by atoms with E-state index in [9.17, 15) is 9.59 Å². The van der Waals surface area contributed by atoms with Gasteiger partial charge in [0.25, 0.3) is 11.8 Å². The van der Waals surface area contributed by atoms with Gasteiger partial charge in [-0.3, -0.25) is 9.59 Å². The molecule has 1 atom stereocenters. The van der Waals surface area contributed by atoms with Gasteiger partial charge in [-0.1, -0.05) is 48.9 Å². The summed E-state index contributed by atoms with van der Waals surface area (Å²) in [6.45, 7) is 1.89. The van der Waals surface area contributed by atoms with Crippen LogP contribution in [0.25, 0.3) is 6.08 Å². The Morgan fingerprint density at radius 1 is 1.00 bits per heavy atom. The third-order valence-corrected chi connectivity index (χ3v) is 7.80. The Labute approximate surface area is 210 Å². The zero-order valence-corrected chi connectivity index (χ0v) is 20.7. The van der Waals surface area contributed by atoms with Crippen molar-refractivity contribution in [2.45, 2.75) is 57.1 Å². The van der Waals surface area contributed by atoms with Crippen LogP contribution >= 0.6 is 11.3 Å². The number of nitrogens with one attached hydrogen (secondary N) is 2. The van der Waals surface area contributed by atoms with Gasteiger partial charge < -0.3 is 15.4 Å². The summed E-state index contributed by atoms with van der Waals surface area (Å²) < 4.78 is 6.52. The van der Waals surface area contributed by atoms with Gasteiger partial charge in [-0.15, -0.1) is 11.3 Å². The number of para-hydroxylation sites is 1. The molecule has 0 saturated heterocycles. The number of hydrogen-bond donors (Lipinski definition) is 2. The molecule has 5 nitrogen and oxygen atoms in total. The average molecular weight is 487 g/mol. The highest BCUT2D eigenvalue weighted by Gasteiger charge is 2.42. The molecule has 2 N–H and O–H groups in total. The summed E-state index contributed by atoms with van der Waals surface area (Å²) >= 11 is 1.52. The van der Waals surface area contributed by atoms with Gasteiger partial charge in [0, 0.05) is 22.4 Å². The summed E-state index contributed by atoms with van der Waals surface area (Å²) in [5.74, 6) is 0.254. The maximum atomic E-state index is 13.6. The minimum Gasteiger partial charge on any atom is -0.487 e. The minimum atomic E-state index is -0.298. The molecule has 1 fully saturated rings. The molecule has 2 aromatic carbocycles. The van der Waals surface area contributed by atoms with Crippen molar-refractivity contribution in [3.05, 3.63) is 93.3 Å². The minimum absolute atomic E-state index is 0.187. The molecule has 0 radical (unpaired) electrons. The number of fused-ring (bicyclic) bond motifs is 1. The Balaban J connectivity index is 1.42. The highest BCUT2D eigenvalue weighted by Crippen LogP contribution is 2.46. The highest BCUT2D eigenvalue weighted by atomic mass is 32.1. The van der Waals surface area contributed by atoms with Gasteiger partial charge in [0.15, 0.2) is 0 Å². The van der Waals surface area contributed by atoms with Crippen LogP contribution in [0.4, 0.5) is 0 Å². The number of hydrogen-bond acceptors (Lipinski definition) is 4. The maximum absolute atomic E-state index is 13.6. The van der Waals surface area contributed by atoms with E-state index in [1.54, 1.807) is 12.1 Å². The van der Waals surface area contributed by atoms with Gasteiger partial charge in [-0.25, -0.2) is 0 Å². The number of rotatable bonds is 5. The van der Waals surface area contributed by atoms with Gasteiger partial charge in [0.2, 0.25) is 0 Å². The summed E-state index contributed by atoms with van der Waals surface area (Å²) in [5, 5.41) is 8.07. The number of carbonyl (C=O) groups is 2. The molecule has 0 bridgehead atoms. The number of benzene rings is 2. The molecule has 5 rings (SSSR count). The Kier molecular flexibility index (Phi) is 6.73. The lowest BCUT2D eigenvalue weighted by molar-refractivity contribution is -0.119. The second kappa shape index (κ2) is 10.1. The Bertz CT molecular complexity index is 1240. The van der Waals surface area contributed by atoms with Crippen molar-refractivity contribution in [1.82, 2.24) is 10.6 Å². The van der Waals surface area contributed by atoms with Crippen molar-refractivity contribution in [2.24, 2.45) is 0 Å². The second-order valence-corrected chi connectivity index (χ2v) is 10.4. The van der Waals surface area contributed by atoms with Crippen LogP contribution in [-0.4, -0.2) is 17.4 Å². The van der Waals surface area contributed by atoms with Crippen LogP contribution in [0.2, 0.25) is 0 Å². The molecule has 1 aromatic heterocycles. The molecule has 1 aliphatic heterocycles. The van der Waals surface area contributed by atoms with E-state index in [0.717, 1.165) is 53.9 Å². The molecule has 3 aromatic rings. The van der Waals surface area contributed by atoms with Crippen LogP contribution in [0.15, 0.2) is 71.7 Å². The summed E-state index contributed by atoms with van der Waals surface area (Å²) in [4.78, 5) is 27.6. The number of thiophene rings is 1. The van der Waals surface area contributed by atoms with E-state index in [2.05, 4.69) is 10.6 Å². The van der Waals surface area contributed by atoms with Crippen LogP contribution in [0.3, 0.4) is 0 Å². The van der Waals surface area contributed by atoms with Crippen LogP contribution < -0.4 is 15.4 Å². The lowest BCUT2D eigenvalue weighted by atomic mass is 9.77. The number of amides is 2. The first-order chi connectivity index (χ1) is 17.0. The van der Waals surface area contributed by atoms with E-state index in [4.69, 9.17) is 4.74 Å². The zero-order chi connectivity index (χ0) is 24.3. The molecular formula is C29H30N2O3S. The molecule has 2 aliphatic rings. The van der Waals surface area contributed by atoms with E-state index in [1.165, 1.54) is 17.8 Å². The first-order valence-corrected chi connectivity index (χ1v) is 13.1. The smallest absolute Gasteiger partial charge is 0.268 e. The molecule has 1 spiro atoms. The molecule has 180 valence electrons. The van der Waals surface area contributed by atoms with Gasteiger partial charge in [0.05, 0.1) is 6.04 Å². The van der Waals surface area contributed by atoms with Gasteiger partial charge in [0.1, 0.15) is 17.0 Å². The third-order valence-electron chi connectivity index (χ3n) is 6.98. The fourth-order valence-electron chi connectivity index (χ4n) is 5.18. The van der Waals surface area contributed by atoms with E-state index in [-0.39, 0.29) is 29.2 Å². The van der Waals surface area contributed by atoms with Crippen LogP contribution in [0.1, 0.15) is 70.9 Å². The Morgan fingerprint density at radius 2 is 1.77 bits per heavy atom. The molecule has 2 amide bonds. The summed E-state index contributed by atoms with van der Waals surface area (Å²) in [6.07, 6.45) is 7.97.